The van der Waals surface area contributed by atoms with E-state index in [0.717, 1.165) is 5.56 Å². The van der Waals surface area contributed by atoms with Gasteiger partial charge in [0.1, 0.15) is 11.1 Å². The van der Waals surface area contributed by atoms with Gasteiger partial charge in [0.15, 0.2) is 11.7 Å². The van der Waals surface area contributed by atoms with Gasteiger partial charge < -0.3 is 4.74 Å². The monoisotopic (exact) mass is 264 g/mol. The van der Waals surface area contributed by atoms with Gasteiger partial charge in [-0.05, 0) is 20.8 Å². The van der Waals surface area contributed by atoms with Gasteiger partial charge in [0, 0.05) is 5.56 Å². The Bertz CT molecular complexity index is 474. The van der Waals surface area contributed by atoms with Crippen molar-refractivity contribution >= 4 is 23.3 Å². The molecule has 1 unspecified atom stereocenters. The first-order valence-corrected chi connectivity index (χ1v) is 6.41. The Labute approximate surface area is 113 Å². The fourth-order valence-corrected chi connectivity index (χ4v) is 1.88. The lowest BCUT2D eigenvalue weighted by atomic mass is 10.2. The van der Waals surface area contributed by atoms with Crippen LogP contribution in [0.3, 0.4) is 0 Å². The summed E-state index contributed by atoms with van der Waals surface area (Å²) >= 11 is 6.14. The molecule has 3 nitrogen and oxygen atoms in total. The third-order valence-electron chi connectivity index (χ3n) is 2.29. The number of hydrogen-bond acceptors (Lipinski definition) is 3. The number of ether oxygens (including phenoxy) is 1. The number of amidine groups is 1. The first-order valence-electron chi connectivity index (χ1n) is 5.98. The molecular weight excluding hydrogens is 248 g/mol. The molecule has 96 valence electrons. The van der Waals surface area contributed by atoms with Crippen LogP contribution in [-0.2, 0) is 4.74 Å². The zero-order valence-electron chi connectivity index (χ0n) is 10.9. The number of hydrogen-bond donors (Lipinski definition) is 0. The van der Waals surface area contributed by atoms with Crippen LogP contribution in [0.15, 0.2) is 40.3 Å². The summed E-state index contributed by atoms with van der Waals surface area (Å²) in [5, 5.41) is 0. The Morgan fingerprint density at radius 3 is 2.50 bits per heavy atom. The van der Waals surface area contributed by atoms with Gasteiger partial charge in [-0.1, -0.05) is 41.9 Å². The normalized spacial score (nSPS) is 20.1. The number of benzene rings is 1. The average molecular weight is 265 g/mol. The molecule has 1 aliphatic rings. The summed E-state index contributed by atoms with van der Waals surface area (Å²) in [5.41, 5.74) is 0.377. The van der Waals surface area contributed by atoms with Crippen LogP contribution in [0.2, 0.25) is 0 Å². The molecule has 1 aliphatic heterocycles. The van der Waals surface area contributed by atoms with Crippen LogP contribution in [0.4, 0.5) is 0 Å². The van der Waals surface area contributed by atoms with E-state index in [2.05, 4.69) is 9.98 Å². The number of aliphatic imine (C=N–C) groups is 2. The van der Waals surface area contributed by atoms with E-state index in [-0.39, 0.29) is 11.1 Å². The molecule has 0 fully saturated rings. The fraction of sp³-hybridized carbons (Fsp3) is 0.429. The van der Waals surface area contributed by atoms with Crippen LogP contribution in [0.5, 0.6) is 0 Å². The summed E-state index contributed by atoms with van der Waals surface area (Å²) in [4.78, 5) is 8.80. The SMILES string of the molecule is CC(C)(C)OC1=NC(c2ccccc2)=NC(Cl)C1. The maximum absolute atomic E-state index is 6.14. The molecule has 18 heavy (non-hydrogen) atoms. The van der Waals surface area contributed by atoms with Crippen molar-refractivity contribution in [2.75, 3.05) is 0 Å². The third-order valence-corrected chi connectivity index (χ3v) is 2.54. The Morgan fingerprint density at radius 1 is 1.22 bits per heavy atom. The van der Waals surface area contributed by atoms with E-state index < -0.39 is 0 Å². The first-order chi connectivity index (χ1) is 8.44. The van der Waals surface area contributed by atoms with Crippen LogP contribution >= 0.6 is 11.6 Å². The highest BCUT2D eigenvalue weighted by Gasteiger charge is 2.22. The summed E-state index contributed by atoms with van der Waals surface area (Å²) in [6.45, 7) is 5.98. The molecule has 0 spiro atoms. The Balaban J connectivity index is 2.25. The highest BCUT2D eigenvalue weighted by atomic mass is 35.5. The first kappa shape index (κ1) is 13.1. The van der Waals surface area contributed by atoms with E-state index in [4.69, 9.17) is 16.3 Å². The second kappa shape index (κ2) is 5.11. The summed E-state index contributed by atoms with van der Waals surface area (Å²) < 4.78 is 5.79. The van der Waals surface area contributed by atoms with Gasteiger partial charge in [-0.3, -0.25) is 0 Å². The molecule has 4 heteroatoms. The second-order valence-electron chi connectivity index (χ2n) is 5.18. The highest BCUT2D eigenvalue weighted by Crippen LogP contribution is 2.19. The highest BCUT2D eigenvalue weighted by molar-refractivity contribution is 6.24. The minimum Gasteiger partial charge on any atom is -0.475 e. The maximum atomic E-state index is 6.14. The molecule has 0 radical (unpaired) electrons. The minimum atomic E-state index is -0.310. The Kier molecular flexibility index (Phi) is 3.71. The molecule has 0 saturated carbocycles. The van der Waals surface area contributed by atoms with Crippen LogP contribution in [0.1, 0.15) is 32.8 Å². The molecular formula is C14H17ClN2O. The number of alkyl halides is 1. The predicted molar refractivity (Wildman–Crippen MR) is 75.5 cm³/mol. The fourth-order valence-electron chi connectivity index (χ4n) is 1.66. The lowest BCUT2D eigenvalue weighted by molar-refractivity contribution is 0.112. The number of halogens is 1. The molecule has 0 amide bonds. The van der Waals surface area contributed by atoms with Gasteiger partial charge in [-0.2, -0.15) is 4.99 Å². The van der Waals surface area contributed by atoms with E-state index in [1.165, 1.54) is 0 Å². The molecule has 1 atom stereocenters. The van der Waals surface area contributed by atoms with Crippen molar-refractivity contribution in [1.29, 1.82) is 0 Å². The lowest BCUT2D eigenvalue weighted by Gasteiger charge is -2.25. The topological polar surface area (TPSA) is 34.0 Å². The van der Waals surface area contributed by atoms with Gasteiger partial charge in [0.05, 0.1) is 6.42 Å². The minimum absolute atomic E-state index is 0.269. The lowest BCUT2D eigenvalue weighted by Crippen LogP contribution is -2.28. The molecule has 1 aromatic carbocycles. The zero-order valence-corrected chi connectivity index (χ0v) is 11.6. The van der Waals surface area contributed by atoms with Gasteiger partial charge in [0.2, 0.25) is 0 Å². The second-order valence-corrected chi connectivity index (χ2v) is 5.68. The molecule has 2 rings (SSSR count). The standard InChI is InChI=1S/C14H17ClN2O/c1-14(2,3)18-12-9-11(15)16-13(17-12)10-7-5-4-6-8-10/h4-8,11H,9H2,1-3H3. The Hall–Kier alpha value is -1.35. The van der Waals surface area contributed by atoms with Crippen LogP contribution in [0.25, 0.3) is 0 Å². The van der Waals surface area contributed by atoms with Gasteiger partial charge >= 0.3 is 0 Å². The molecule has 0 bridgehead atoms. The van der Waals surface area contributed by atoms with E-state index in [1.807, 2.05) is 51.1 Å². The predicted octanol–water partition coefficient (Wildman–Crippen LogP) is 3.62. The number of rotatable bonds is 1. The zero-order chi connectivity index (χ0) is 13.2. The summed E-state index contributed by atoms with van der Waals surface area (Å²) in [7, 11) is 0. The average Bonchev–Trinajstić information content (AvgIpc) is 2.27. The van der Waals surface area contributed by atoms with Gasteiger partial charge in [0.25, 0.3) is 0 Å². The molecule has 1 heterocycles. The Morgan fingerprint density at radius 2 is 1.89 bits per heavy atom. The molecule has 1 aromatic rings. The molecule has 0 N–H and O–H groups in total. The van der Waals surface area contributed by atoms with E-state index in [1.54, 1.807) is 0 Å². The van der Waals surface area contributed by atoms with Crippen molar-refractivity contribution in [2.45, 2.75) is 38.3 Å². The summed E-state index contributed by atoms with van der Waals surface area (Å²) in [5.74, 6) is 1.29. The van der Waals surface area contributed by atoms with Crippen LogP contribution < -0.4 is 0 Å². The van der Waals surface area contributed by atoms with Crippen molar-refractivity contribution in [3.63, 3.8) is 0 Å². The van der Waals surface area contributed by atoms with Crippen LogP contribution in [-0.4, -0.2) is 22.8 Å². The van der Waals surface area contributed by atoms with E-state index in [9.17, 15) is 0 Å². The summed E-state index contributed by atoms with van der Waals surface area (Å²) in [6.07, 6.45) is 0.537. The maximum Gasteiger partial charge on any atom is 0.193 e. The van der Waals surface area contributed by atoms with Crippen LogP contribution in [0, 0.1) is 0 Å². The quantitative estimate of drug-likeness (QED) is 0.563. The molecule has 0 aliphatic carbocycles. The van der Waals surface area contributed by atoms with Crippen molar-refractivity contribution in [2.24, 2.45) is 9.98 Å². The largest absolute Gasteiger partial charge is 0.475 e. The van der Waals surface area contributed by atoms with Crippen molar-refractivity contribution in [3.8, 4) is 0 Å². The van der Waals surface area contributed by atoms with Gasteiger partial charge in [-0.15, -0.1) is 0 Å². The third kappa shape index (κ3) is 3.57. The van der Waals surface area contributed by atoms with Crippen molar-refractivity contribution in [1.82, 2.24) is 0 Å². The van der Waals surface area contributed by atoms with Gasteiger partial charge in [-0.25, -0.2) is 4.99 Å². The van der Waals surface area contributed by atoms with Crippen molar-refractivity contribution < 1.29 is 4.74 Å². The van der Waals surface area contributed by atoms with E-state index >= 15 is 0 Å². The summed E-state index contributed by atoms with van der Waals surface area (Å²) in [6, 6.07) is 9.80. The number of nitrogens with zero attached hydrogens (tertiary/aromatic N) is 2. The van der Waals surface area contributed by atoms with E-state index in [0.29, 0.717) is 18.2 Å². The molecule has 0 saturated heterocycles. The smallest absolute Gasteiger partial charge is 0.193 e. The van der Waals surface area contributed by atoms with Crippen molar-refractivity contribution in [3.05, 3.63) is 35.9 Å². The molecule has 0 aromatic heterocycles.